The highest BCUT2D eigenvalue weighted by atomic mass is 16.1. The van der Waals surface area contributed by atoms with Crippen LogP contribution in [0.3, 0.4) is 0 Å². The van der Waals surface area contributed by atoms with Gasteiger partial charge in [-0.05, 0) is 31.2 Å². The summed E-state index contributed by atoms with van der Waals surface area (Å²) in [5.74, 6) is 0.834. The molecule has 0 aliphatic carbocycles. The Labute approximate surface area is 143 Å². The Morgan fingerprint density at radius 2 is 1.30 bits per heavy atom. The lowest BCUT2D eigenvalue weighted by Gasteiger charge is -2.17. The van der Waals surface area contributed by atoms with Crippen molar-refractivity contribution in [3.8, 4) is 0 Å². The van der Waals surface area contributed by atoms with E-state index in [1.807, 2.05) is 12.1 Å². The minimum absolute atomic E-state index is 0.161. The van der Waals surface area contributed by atoms with Crippen LogP contribution in [0, 0.1) is 0 Å². The molecule has 0 aliphatic rings. The fourth-order valence-electron chi connectivity index (χ4n) is 3.27. The van der Waals surface area contributed by atoms with Crippen LogP contribution in [0.4, 0.5) is 0 Å². The highest BCUT2D eigenvalue weighted by molar-refractivity contribution is 5.94. The van der Waals surface area contributed by atoms with Gasteiger partial charge in [-0.2, -0.15) is 0 Å². The van der Waals surface area contributed by atoms with Crippen molar-refractivity contribution >= 4 is 5.78 Å². The Morgan fingerprint density at radius 1 is 0.783 bits per heavy atom. The topological polar surface area (TPSA) is 17.1 Å². The molecule has 130 valence electrons. The van der Waals surface area contributed by atoms with E-state index in [9.17, 15) is 4.79 Å². The number of unbranched alkanes of at least 4 members (excludes halogenated alkanes) is 7. The summed E-state index contributed by atoms with van der Waals surface area (Å²) in [7, 11) is 0. The Balaban J connectivity index is 2.43. The van der Waals surface area contributed by atoms with Gasteiger partial charge in [0, 0.05) is 5.56 Å². The second kappa shape index (κ2) is 12.3. The molecule has 1 aromatic carbocycles. The van der Waals surface area contributed by atoms with E-state index in [1.165, 1.54) is 76.2 Å². The van der Waals surface area contributed by atoms with E-state index < -0.39 is 0 Å². The fraction of sp³-hybridized carbons (Fsp3) is 0.682. The lowest BCUT2D eigenvalue weighted by atomic mass is 9.88. The largest absolute Gasteiger partial charge is 0.295 e. The molecular formula is C22H36O. The van der Waals surface area contributed by atoms with Crippen molar-refractivity contribution in [2.45, 2.75) is 97.3 Å². The predicted molar refractivity (Wildman–Crippen MR) is 101 cm³/mol. The van der Waals surface area contributed by atoms with Crippen LogP contribution in [-0.2, 0) is 0 Å². The van der Waals surface area contributed by atoms with Crippen LogP contribution in [0.1, 0.15) is 113 Å². The third-order valence-electron chi connectivity index (χ3n) is 4.85. The van der Waals surface area contributed by atoms with E-state index in [0.29, 0.717) is 5.92 Å². The molecule has 0 N–H and O–H groups in total. The zero-order valence-corrected chi connectivity index (χ0v) is 15.6. The van der Waals surface area contributed by atoms with Gasteiger partial charge in [-0.25, -0.2) is 0 Å². The first-order chi connectivity index (χ1) is 11.2. The smallest absolute Gasteiger partial charge is 0.159 e. The standard InChI is InChI=1S/C22H36O/c1-4-6-8-9-10-11-12-14-21(13-7-5-2)22-17-15-20(16-18-22)19(3)23/h15-18,21H,4-14H2,1-3H3/t21-/m1/s1. The number of ketones is 1. The Kier molecular flexibility index (Phi) is 10.7. The summed E-state index contributed by atoms with van der Waals surface area (Å²) < 4.78 is 0. The number of carbonyl (C=O) groups excluding carboxylic acids is 1. The summed E-state index contributed by atoms with van der Waals surface area (Å²) in [5, 5.41) is 0. The van der Waals surface area contributed by atoms with Crippen LogP contribution in [0.15, 0.2) is 24.3 Å². The first-order valence-corrected chi connectivity index (χ1v) is 9.79. The van der Waals surface area contributed by atoms with Crippen molar-refractivity contribution in [2.24, 2.45) is 0 Å². The van der Waals surface area contributed by atoms with Gasteiger partial charge in [0.1, 0.15) is 0 Å². The minimum atomic E-state index is 0.161. The average molecular weight is 317 g/mol. The van der Waals surface area contributed by atoms with Crippen molar-refractivity contribution in [3.63, 3.8) is 0 Å². The minimum Gasteiger partial charge on any atom is -0.295 e. The van der Waals surface area contributed by atoms with Crippen molar-refractivity contribution in [2.75, 3.05) is 0 Å². The maximum absolute atomic E-state index is 11.4. The quantitative estimate of drug-likeness (QED) is 0.275. The van der Waals surface area contributed by atoms with Crippen LogP contribution in [0.2, 0.25) is 0 Å². The second-order valence-electron chi connectivity index (χ2n) is 6.93. The Bertz CT molecular complexity index is 418. The van der Waals surface area contributed by atoms with Gasteiger partial charge in [0.05, 0.1) is 0 Å². The van der Waals surface area contributed by atoms with Crippen molar-refractivity contribution in [1.82, 2.24) is 0 Å². The molecule has 0 radical (unpaired) electrons. The van der Waals surface area contributed by atoms with Gasteiger partial charge in [0.15, 0.2) is 5.78 Å². The Hall–Kier alpha value is -1.11. The van der Waals surface area contributed by atoms with E-state index in [2.05, 4.69) is 26.0 Å². The van der Waals surface area contributed by atoms with Crippen molar-refractivity contribution in [1.29, 1.82) is 0 Å². The Morgan fingerprint density at radius 3 is 1.87 bits per heavy atom. The van der Waals surface area contributed by atoms with Gasteiger partial charge < -0.3 is 0 Å². The van der Waals surface area contributed by atoms with Crippen LogP contribution >= 0.6 is 0 Å². The molecule has 0 amide bonds. The summed E-state index contributed by atoms with van der Waals surface area (Å²) in [4.78, 5) is 11.4. The van der Waals surface area contributed by atoms with E-state index in [4.69, 9.17) is 0 Å². The zero-order valence-electron chi connectivity index (χ0n) is 15.6. The monoisotopic (exact) mass is 316 g/mol. The first kappa shape index (κ1) is 19.9. The normalized spacial score (nSPS) is 12.3. The number of hydrogen-bond acceptors (Lipinski definition) is 1. The van der Waals surface area contributed by atoms with E-state index in [0.717, 1.165) is 5.56 Å². The third-order valence-corrected chi connectivity index (χ3v) is 4.85. The maximum atomic E-state index is 11.4. The molecule has 0 spiro atoms. The van der Waals surface area contributed by atoms with Crippen LogP contribution in [0.5, 0.6) is 0 Å². The highest BCUT2D eigenvalue weighted by Crippen LogP contribution is 2.28. The lowest BCUT2D eigenvalue weighted by molar-refractivity contribution is 0.101. The van der Waals surface area contributed by atoms with Crippen molar-refractivity contribution in [3.05, 3.63) is 35.4 Å². The van der Waals surface area contributed by atoms with Crippen molar-refractivity contribution < 1.29 is 4.79 Å². The molecule has 0 saturated carbocycles. The molecule has 1 nitrogen and oxygen atoms in total. The van der Waals surface area contributed by atoms with Crippen LogP contribution in [-0.4, -0.2) is 5.78 Å². The summed E-state index contributed by atoms with van der Waals surface area (Å²) in [6, 6.07) is 8.36. The molecular weight excluding hydrogens is 280 g/mol. The number of carbonyl (C=O) groups is 1. The number of hydrogen-bond donors (Lipinski definition) is 0. The summed E-state index contributed by atoms with van der Waals surface area (Å²) in [5.41, 5.74) is 2.26. The molecule has 1 heteroatoms. The van der Waals surface area contributed by atoms with Crippen LogP contribution in [0.25, 0.3) is 0 Å². The van der Waals surface area contributed by atoms with E-state index >= 15 is 0 Å². The van der Waals surface area contributed by atoms with Gasteiger partial charge in [-0.1, -0.05) is 95.9 Å². The third kappa shape index (κ3) is 8.34. The summed E-state index contributed by atoms with van der Waals surface area (Å²) in [6.45, 7) is 6.18. The first-order valence-electron chi connectivity index (χ1n) is 9.79. The molecule has 0 saturated heterocycles. The lowest BCUT2D eigenvalue weighted by Crippen LogP contribution is -2.01. The van der Waals surface area contributed by atoms with Gasteiger partial charge in [-0.15, -0.1) is 0 Å². The molecule has 1 rings (SSSR count). The number of Topliss-reactive ketones (excluding diaryl/α,β-unsaturated/α-hetero) is 1. The zero-order chi connectivity index (χ0) is 16.9. The summed E-state index contributed by atoms with van der Waals surface area (Å²) in [6.07, 6.45) is 14.8. The number of benzene rings is 1. The highest BCUT2D eigenvalue weighted by Gasteiger charge is 2.11. The van der Waals surface area contributed by atoms with Gasteiger partial charge in [0.2, 0.25) is 0 Å². The molecule has 0 aliphatic heterocycles. The second-order valence-corrected chi connectivity index (χ2v) is 6.93. The SMILES string of the molecule is CCCCCCCCC[C@@H](CCCC)c1ccc(C(C)=O)cc1. The van der Waals surface area contributed by atoms with Crippen LogP contribution < -0.4 is 0 Å². The van der Waals surface area contributed by atoms with Gasteiger partial charge >= 0.3 is 0 Å². The molecule has 0 aromatic heterocycles. The number of rotatable bonds is 13. The average Bonchev–Trinajstić information content (AvgIpc) is 2.57. The maximum Gasteiger partial charge on any atom is 0.159 e. The molecule has 1 atom stereocenters. The molecule has 0 bridgehead atoms. The molecule has 0 heterocycles. The van der Waals surface area contributed by atoms with Gasteiger partial charge in [0.25, 0.3) is 0 Å². The molecule has 0 unspecified atom stereocenters. The summed E-state index contributed by atoms with van der Waals surface area (Å²) >= 11 is 0. The fourth-order valence-corrected chi connectivity index (χ4v) is 3.27. The van der Waals surface area contributed by atoms with Gasteiger partial charge in [-0.3, -0.25) is 4.79 Å². The molecule has 23 heavy (non-hydrogen) atoms. The van der Waals surface area contributed by atoms with E-state index in [1.54, 1.807) is 6.92 Å². The predicted octanol–water partition coefficient (Wildman–Crippen LogP) is 7.30. The van der Waals surface area contributed by atoms with E-state index in [-0.39, 0.29) is 5.78 Å². The molecule has 0 fully saturated rings. The molecule has 1 aromatic rings.